The van der Waals surface area contributed by atoms with Crippen molar-refractivity contribution in [2.24, 2.45) is 30.0 Å². The van der Waals surface area contributed by atoms with Gasteiger partial charge in [-0.25, -0.2) is 30.0 Å². The summed E-state index contributed by atoms with van der Waals surface area (Å²) in [5.41, 5.74) is 4.63. The van der Waals surface area contributed by atoms with Gasteiger partial charge in [0.2, 0.25) is 0 Å². The minimum Gasteiger partial charge on any atom is -0.294 e. The predicted octanol–water partition coefficient (Wildman–Crippen LogP) is 10.5. The van der Waals surface area contributed by atoms with E-state index < -0.39 is 7.02 Å². The van der Waals surface area contributed by atoms with Crippen LogP contribution in [0.15, 0.2) is 176 Å². The molecule has 0 spiro atoms. The molecule has 0 radical (unpaired) electrons. The fourth-order valence-corrected chi connectivity index (χ4v) is 13.2. The number of aliphatic imine (C=N–C) groups is 4. The summed E-state index contributed by atoms with van der Waals surface area (Å²) >= 11 is 16.4. The van der Waals surface area contributed by atoms with E-state index >= 15 is 0 Å². The zero-order chi connectivity index (χ0) is 38.7. The number of aromatic nitrogens is 2. The molecule has 10 aromatic rings. The van der Waals surface area contributed by atoms with E-state index in [9.17, 15) is 0 Å². The molecule has 274 valence electrons. The monoisotopic (exact) mass is 810 g/mol. The molecule has 2 aromatic heterocycles. The van der Waals surface area contributed by atoms with E-state index in [4.69, 9.17) is 52.1 Å². The minimum absolute atomic E-state index is 0.528. The zero-order valence-electron chi connectivity index (χ0n) is 30.7. The SMILES string of the molecule is Cl[Si]1(Cl)n2c3c4cc5ccccc5cc4c2N=C2N=C(N=c4c5cc6ccccc6cc5c(n41)=NC1=NC(=N3)c3cc4ccccc4cc31)c1cc3ccccc3cc12. The fourth-order valence-electron chi connectivity index (χ4n) is 9.36. The number of rotatable bonds is 0. The summed E-state index contributed by atoms with van der Waals surface area (Å²) in [7, 11) is -4.10. The molecule has 4 aliphatic rings. The van der Waals surface area contributed by atoms with Crippen LogP contribution < -0.4 is 11.0 Å². The molecule has 8 aromatic carbocycles. The molecule has 0 aliphatic carbocycles. The smallest absolute Gasteiger partial charge is 0.294 e. The molecule has 0 fully saturated rings. The highest BCUT2D eigenvalue weighted by atomic mass is 35.7. The summed E-state index contributed by atoms with van der Waals surface area (Å²) in [5.74, 6) is 3.23. The summed E-state index contributed by atoms with van der Waals surface area (Å²) in [4.78, 5) is 32.4. The predicted molar refractivity (Wildman–Crippen MR) is 243 cm³/mol. The van der Waals surface area contributed by atoms with Gasteiger partial charge in [0.25, 0.3) is 0 Å². The molecule has 59 heavy (non-hydrogen) atoms. The van der Waals surface area contributed by atoms with E-state index in [1.54, 1.807) is 0 Å². The lowest BCUT2D eigenvalue weighted by Crippen LogP contribution is -2.51. The molecular weight excluding hydrogens is 788 g/mol. The first-order valence-corrected chi connectivity index (χ1v) is 23.2. The summed E-state index contributed by atoms with van der Waals surface area (Å²) in [6.07, 6.45) is 0. The van der Waals surface area contributed by atoms with Crippen molar-refractivity contribution < 1.29 is 0 Å². The lowest BCUT2D eigenvalue weighted by molar-refractivity contribution is 0.973. The first kappa shape index (κ1) is 32.0. The number of halogens is 2. The lowest BCUT2D eigenvalue weighted by Gasteiger charge is -2.24. The highest BCUT2D eigenvalue weighted by Crippen LogP contribution is 2.46. The van der Waals surface area contributed by atoms with Crippen molar-refractivity contribution in [3.05, 3.63) is 179 Å². The van der Waals surface area contributed by atoms with Crippen LogP contribution in [-0.2, 0) is 0 Å². The number of hydrogen-bond acceptors (Lipinski definition) is 6. The average Bonchev–Trinajstić information content (AvgIpc) is 3.95. The zero-order valence-corrected chi connectivity index (χ0v) is 33.2. The molecule has 0 saturated carbocycles. The summed E-state index contributed by atoms with van der Waals surface area (Å²) in [6.45, 7) is 0. The number of hydrogen-bond donors (Lipinski definition) is 0. The Hall–Kier alpha value is -7.04. The maximum Gasteiger partial charge on any atom is 0.483 e. The third-order valence-electron chi connectivity index (χ3n) is 12.1. The number of nitrogens with zero attached hydrogens (tertiary/aromatic N) is 8. The Kier molecular flexibility index (Phi) is 6.02. The number of benzene rings is 8. The van der Waals surface area contributed by atoms with Crippen LogP contribution in [0.4, 0.5) is 11.6 Å². The fraction of sp³-hybridized carbons (Fsp3) is 0. The maximum atomic E-state index is 8.21. The Bertz CT molecular complexity index is 3700. The van der Waals surface area contributed by atoms with Crippen molar-refractivity contribution in [2.45, 2.75) is 0 Å². The third kappa shape index (κ3) is 4.28. The van der Waals surface area contributed by atoms with Crippen molar-refractivity contribution in [1.29, 1.82) is 0 Å². The minimum atomic E-state index is -4.10. The first-order valence-electron chi connectivity index (χ1n) is 19.3. The Balaban J connectivity index is 1.25. The van der Waals surface area contributed by atoms with Gasteiger partial charge in [-0.1, -0.05) is 119 Å². The molecular formula is C48H24Cl2N8Si. The largest absolute Gasteiger partial charge is 0.483 e. The molecule has 6 bridgehead atoms. The molecule has 0 unspecified atom stereocenters. The van der Waals surface area contributed by atoms with E-state index in [1.165, 1.54) is 0 Å². The van der Waals surface area contributed by atoms with E-state index in [0.29, 0.717) is 46.0 Å². The van der Waals surface area contributed by atoms with Crippen molar-refractivity contribution >= 4 is 129 Å². The van der Waals surface area contributed by atoms with E-state index in [0.717, 1.165) is 86.9 Å². The van der Waals surface area contributed by atoms with Crippen LogP contribution in [0.3, 0.4) is 0 Å². The van der Waals surface area contributed by atoms with Crippen LogP contribution in [0.1, 0.15) is 22.3 Å². The molecule has 0 saturated heterocycles. The van der Waals surface area contributed by atoms with Crippen LogP contribution in [0.2, 0.25) is 0 Å². The molecule has 4 aliphatic heterocycles. The van der Waals surface area contributed by atoms with Crippen LogP contribution in [0.5, 0.6) is 0 Å². The Labute approximate surface area is 344 Å². The van der Waals surface area contributed by atoms with Gasteiger partial charge in [0.15, 0.2) is 23.3 Å². The Morgan fingerprint density at radius 3 is 0.949 bits per heavy atom. The van der Waals surface area contributed by atoms with Crippen molar-refractivity contribution in [1.82, 2.24) is 8.47 Å². The first-order chi connectivity index (χ1) is 28.9. The summed E-state index contributed by atoms with van der Waals surface area (Å²) in [5, 5.41) is 11.9. The highest BCUT2D eigenvalue weighted by Gasteiger charge is 2.45. The van der Waals surface area contributed by atoms with Crippen LogP contribution in [0.25, 0.3) is 64.6 Å². The van der Waals surface area contributed by atoms with Gasteiger partial charge in [0.1, 0.15) is 22.6 Å². The third-order valence-corrected chi connectivity index (χ3v) is 16.1. The second-order valence-corrected chi connectivity index (χ2v) is 21.1. The van der Waals surface area contributed by atoms with E-state index in [-0.39, 0.29) is 0 Å². The molecule has 11 heteroatoms. The van der Waals surface area contributed by atoms with E-state index in [1.807, 2.05) is 57.0 Å². The second kappa shape index (κ2) is 11.1. The van der Waals surface area contributed by atoms with Gasteiger partial charge in [-0.05, 0) is 91.6 Å². The summed E-state index contributed by atoms with van der Waals surface area (Å²) in [6, 6.07) is 50.5. The number of fused-ring (bicyclic) bond motifs is 18. The summed E-state index contributed by atoms with van der Waals surface area (Å²) < 4.78 is 3.91. The average molecular weight is 812 g/mol. The van der Waals surface area contributed by atoms with Gasteiger partial charge in [0.05, 0.1) is 0 Å². The van der Waals surface area contributed by atoms with Gasteiger partial charge < -0.3 is 0 Å². The normalized spacial score (nSPS) is 15.8. The van der Waals surface area contributed by atoms with Crippen molar-refractivity contribution in [3.63, 3.8) is 0 Å². The van der Waals surface area contributed by atoms with Gasteiger partial charge in [-0.15, -0.1) is 0 Å². The molecule has 14 rings (SSSR count). The van der Waals surface area contributed by atoms with Crippen molar-refractivity contribution in [2.75, 3.05) is 0 Å². The quantitative estimate of drug-likeness (QED) is 0.108. The molecule has 0 amide bonds. The number of amidine groups is 4. The topological polar surface area (TPSA) is 84.0 Å². The standard InChI is InChI=1S/C48H24Cl2N8Si/c49-59(50)57-45-37-21-29-13-5-6-14-30(29)22-38(37)47(57)55-43-35-19-27-11-3-4-12-28(27)20-36(35)44(52-43)56-48-40-24-32-16-8-7-15-31(32)23-39(40)46(58(48)59)54-42-34-18-26-10-2-1-9-25(26)17-33(34)41(51-42)53-45/h1-24H. The van der Waals surface area contributed by atoms with Gasteiger partial charge in [-0.2, -0.15) is 0 Å². The maximum absolute atomic E-state index is 8.21. The van der Waals surface area contributed by atoms with Crippen LogP contribution >= 0.6 is 22.2 Å². The lowest BCUT2D eigenvalue weighted by atomic mass is 10.0. The van der Waals surface area contributed by atoms with Gasteiger partial charge >= 0.3 is 7.02 Å². The molecule has 0 N–H and O–H groups in total. The van der Waals surface area contributed by atoms with Gasteiger partial charge in [-0.3, -0.25) is 8.47 Å². The molecule has 6 heterocycles. The highest BCUT2D eigenvalue weighted by molar-refractivity contribution is 7.44. The Morgan fingerprint density at radius 1 is 0.322 bits per heavy atom. The Morgan fingerprint density at radius 2 is 0.610 bits per heavy atom. The molecule has 0 atom stereocenters. The molecule has 8 nitrogen and oxygen atoms in total. The van der Waals surface area contributed by atoms with Crippen LogP contribution in [0, 0.1) is 0 Å². The second-order valence-electron chi connectivity index (χ2n) is 15.4. The van der Waals surface area contributed by atoms with Crippen LogP contribution in [-0.4, -0.2) is 38.8 Å². The van der Waals surface area contributed by atoms with Crippen molar-refractivity contribution in [3.8, 4) is 0 Å². The van der Waals surface area contributed by atoms with Gasteiger partial charge in [0, 0.05) is 43.8 Å². The van der Waals surface area contributed by atoms with E-state index in [2.05, 4.69) is 97.1 Å².